The minimum Gasteiger partial charge on any atom is -0.370 e. The van der Waals surface area contributed by atoms with Gasteiger partial charge in [-0.15, -0.1) is 0 Å². The third kappa shape index (κ3) is 3.49. The van der Waals surface area contributed by atoms with Gasteiger partial charge in [-0.1, -0.05) is 37.0 Å². The Balaban J connectivity index is 2.13. The summed E-state index contributed by atoms with van der Waals surface area (Å²) in [4.78, 5) is 6.70. The number of aryl methyl sites for hydroxylation is 2. The summed E-state index contributed by atoms with van der Waals surface area (Å²) < 4.78 is 0. The summed E-state index contributed by atoms with van der Waals surface area (Å²) in [7, 11) is 2.00. The Hall–Kier alpha value is -1.51. The van der Waals surface area contributed by atoms with Gasteiger partial charge in [0.05, 0.1) is 6.04 Å². The van der Waals surface area contributed by atoms with Gasteiger partial charge in [0.2, 0.25) is 0 Å². The summed E-state index contributed by atoms with van der Waals surface area (Å²) in [6, 6.07) is 6.84. The minimum atomic E-state index is 0.418. The monoisotopic (exact) mass is 259 g/mol. The van der Waals surface area contributed by atoms with Gasteiger partial charge in [0.25, 0.3) is 0 Å². The van der Waals surface area contributed by atoms with Gasteiger partial charge in [-0.05, 0) is 38.3 Å². The summed E-state index contributed by atoms with van der Waals surface area (Å²) >= 11 is 0. The number of guanidine groups is 1. The van der Waals surface area contributed by atoms with Gasteiger partial charge in [-0.25, -0.2) is 4.99 Å². The van der Waals surface area contributed by atoms with Crippen LogP contribution in [0.2, 0.25) is 0 Å². The van der Waals surface area contributed by atoms with Crippen LogP contribution in [0.15, 0.2) is 23.2 Å². The topological polar surface area (TPSA) is 41.6 Å². The molecule has 1 saturated carbocycles. The Morgan fingerprint density at radius 1 is 1.21 bits per heavy atom. The molecule has 1 aromatic carbocycles. The van der Waals surface area contributed by atoms with E-state index >= 15 is 0 Å². The van der Waals surface area contributed by atoms with E-state index in [1.807, 2.05) is 11.9 Å². The molecule has 0 saturated heterocycles. The van der Waals surface area contributed by atoms with Crippen molar-refractivity contribution in [3.63, 3.8) is 0 Å². The van der Waals surface area contributed by atoms with E-state index in [1.165, 1.54) is 43.2 Å². The lowest BCUT2D eigenvalue weighted by molar-refractivity contribution is 0.443. The smallest absolute Gasteiger partial charge is 0.195 e. The lowest BCUT2D eigenvalue weighted by Gasteiger charge is -2.24. The summed E-state index contributed by atoms with van der Waals surface area (Å²) in [5, 5.41) is 0. The van der Waals surface area contributed by atoms with Crippen molar-refractivity contribution in [3.05, 3.63) is 29.3 Å². The normalized spacial score (nSPS) is 17.5. The van der Waals surface area contributed by atoms with Crippen molar-refractivity contribution in [3.8, 4) is 0 Å². The standard InChI is InChI=1S/C16H25N3/c1-12-9-10-15(13(2)11-12)19(3)16(17)18-14-7-5-4-6-8-14/h9-11,14H,4-8H2,1-3H3,(H2,17,18). The first-order chi connectivity index (χ1) is 9.08. The van der Waals surface area contributed by atoms with Crippen LogP contribution >= 0.6 is 0 Å². The molecule has 19 heavy (non-hydrogen) atoms. The fourth-order valence-corrected chi connectivity index (χ4v) is 2.79. The third-order valence-corrected chi connectivity index (χ3v) is 3.95. The predicted molar refractivity (Wildman–Crippen MR) is 82.8 cm³/mol. The van der Waals surface area contributed by atoms with Gasteiger partial charge in [0, 0.05) is 12.7 Å². The third-order valence-electron chi connectivity index (χ3n) is 3.95. The Kier molecular flexibility index (Phi) is 4.46. The average Bonchev–Trinajstić information content (AvgIpc) is 2.39. The number of hydrogen-bond acceptors (Lipinski definition) is 1. The Morgan fingerprint density at radius 2 is 1.89 bits per heavy atom. The van der Waals surface area contributed by atoms with E-state index in [1.54, 1.807) is 0 Å². The van der Waals surface area contributed by atoms with Crippen molar-refractivity contribution in [2.24, 2.45) is 10.7 Å². The van der Waals surface area contributed by atoms with Crippen LogP contribution in [-0.4, -0.2) is 19.0 Å². The van der Waals surface area contributed by atoms with E-state index < -0.39 is 0 Å². The van der Waals surface area contributed by atoms with Crippen LogP contribution in [0, 0.1) is 13.8 Å². The van der Waals surface area contributed by atoms with Crippen LogP contribution in [-0.2, 0) is 0 Å². The number of rotatable bonds is 2. The maximum absolute atomic E-state index is 6.16. The highest BCUT2D eigenvalue weighted by molar-refractivity contribution is 5.95. The average molecular weight is 259 g/mol. The molecule has 0 spiro atoms. The number of nitrogens with two attached hydrogens (primary N) is 1. The van der Waals surface area contributed by atoms with Crippen molar-refractivity contribution in [1.82, 2.24) is 0 Å². The fraction of sp³-hybridized carbons (Fsp3) is 0.562. The zero-order chi connectivity index (χ0) is 13.8. The van der Waals surface area contributed by atoms with E-state index in [-0.39, 0.29) is 0 Å². The Bertz CT molecular complexity index is 459. The van der Waals surface area contributed by atoms with E-state index in [0.717, 1.165) is 5.69 Å². The molecule has 1 aliphatic carbocycles. The molecule has 104 valence electrons. The van der Waals surface area contributed by atoms with Gasteiger partial charge in [-0.3, -0.25) is 0 Å². The maximum atomic E-state index is 6.16. The first kappa shape index (κ1) is 13.9. The van der Waals surface area contributed by atoms with E-state index in [4.69, 9.17) is 10.7 Å². The first-order valence-electron chi connectivity index (χ1n) is 7.22. The lowest BCUT2D eigenvalue weighted by Crippen LogP contribution is -2.36. The summed E-state index contributed by atoms with van der Waals surface area (Å²) in [5.41, 5.74) is 9.82. The van der Waals surface area contributed by atoms with Gasteiger partial charge in [0.1, 0.15) is 0 Å². The molecule has 0 bridgehead atoms. The molecule has 3 heteroatoms. The molecule has 0 radical (unpaired) electrons. The molecule has 0 heterocycles. The highest BCUT2D eigenvalue weighted by Crippen LogP contribution is 2.22. The van der Waals surface area contributed by atoms with E-state index in [9.17, 15) is 0 Å². The van der Waals surface area contributed by atoms with E-state index in [2.05, 4.69) is 32.0 Å². The van der Waals surface area contributed by atoms with Crippen molar-refractivity contribution in [2.75, 3.05) is 11.9 Å². The second-order valence-corrected chi connectivity index (χ2v) is 5.63. The first-order valence-corrected chi connectivity index (χ1v) is 7.22. The van der Waals surface area contributed by atoms with Gasteiger partial charge in [-0.2, -0.15) is 0 Å². The predicted octanol–water partition coefficient (Wildman–Crippen LogP) is 3.39. The zero-order valence-corrected chi connectivity index (χ0v) is 12.3. The van der Waals surface area contributed by atoms with Crippen LogP contribution in [0.5, 0.6) is 0 Å². The summed E-state index contributed by atoms with van der Waals surface area (Å²) in [5.74, 6) is 0.638. The fourth-order valence-electron chi connectivity index (χ4n) is 2.79. The highest BCUT2D eigenvalue weighted by atomic mass is 15.2. The van der Waals surface area contributed by atoms with E-state index in [0.29, 0.717) is 12.0 Å². The molecule has 0 aromatic heterocycles. The quantitative estimate of drug-likeness (QED) is 0.653. The number of aliphatic imine (C=N–C) groups is 1. The molecule has 3 nitrogen and oxygen atoms in total. The largest absolute Gasteiger partial charge is 0.370 e. The number of nitrogens with zero attached hydrogens (tertiary/aromatic N) is 2. The molecular weight excluding hydrogens is 234 g/mol. The summed E-state index contributed by atoms with van der Waals surface area (Å²) in [6.45, 7) is 4.23. The lowest BCUT2D eigenvalue weighted by atomic mass is 9.96. The second-order valence-electron chi connectivity index (χ2n) is 5.63. The molecule has 0 unspecified atom stereocenters. The molecule has 0 amide bonds. The molecule has 2 N–H and O–H groups in total. The van der Waals surface area contributed by atoms with Crippen LogP contribution in [0.25, 0.3) is 0 Å². The van der Waals surface area contributed by atoms with Crippen LogP contribution < -0.4 is 10.6 Å². The molecule has 2 rings (SSSR count). The maximum Gasteiger partial charge on any atom is 0.195 e. The highest BCUT2D eigenvalue weighted by Gasteiger charge is 2.14. The van der Waals surface area contributed by atoms with Crippen molar-refractivity contribution in [1.29, 1.82) is 0 Å². The SMILES string of the molecule is Cc1ccc(N(C)C(N)=NC2CCCCC2)c(C)c1. The molecule has 1 aliphatic rings. The zero-order valence-electron chi connectivity index (χ0n) is 12.3. The van der Waals surface area contributed by atoms with Crippen molar-refractivity contribution in [2.45, 2.75) is 52.0 Å². The number of benzene rings is 1. The second kappa shape index (κ2) is 6.09. The van der Waals surface area contributed by atoms with Crippen molar-refractivity contribution < 1.29 is 0 Å². The molecule has 0 aliphatic heterocycles. The molecule has 1 aromatic rings. The number of hydrogen-bond donors (Lipinski definition) is 1. The summed E-state index contributed by atoms with van der Waals surface area (Å²) in [6.07, 6.45) is 6.28. The van der Waals surface area contributed by atoms with Gasteiger partial charge in [0.15, 0.2) is 5.96 Å². The molecule has 0 atom stereocenters. The molecule has 1 fully saturated rings. The van der Waals surface area contributed by atoms with Crippen molar-refractivity contribution >= 4 is 11.6 Å². The van der Waals surface area contributed by atoms with Gasteiger partial charge < -0.3 is 10.6 Å². The molecular formula is C16H25N3. The number of anilines is 1. The van der Waals surface area contributed by atoms with Crippen LogP contribution in [0.1, 0.15) is 43.2 Å². The van der Waals surface area contributed by atoms with Crippen LogP contribution in [0.3, 0.4) is 0 Å². The minimum absolute atomic E-state index is 0.418. The Morgan fingerprint density at radius 3 is 2.53 bits per heavy atom. The van der Waals surface area contributed by atoms with Crippen LogP contribution in [0.4, 0.5) is 5.69 Å². The van der Waals surface area contributed by atoms with Gasteiger partial charge >= 0.3 is 0 Å². The Labute approximate surface area is 116 Å².